The minimum Gasteiger partial charge on any atom is -0.0897 e. The molecule has 330 valence electrons. The van der Waals surface area contributed by atoms with E-state index in [-0.39, 0.29) is 29.6 Å². The first-order valence-corrected chi connectivity index (χ1v) is 25.4. The summed E-state index contributed by atoms with van der Waals surface area (Å²) in [4.78, 5) is 0. The van der Waals surface area contributed by atoms with Gasteiger partial charge in [-0.1, -0.05) is 246 Å². The molecule has 0 amide bonds. The van der Waals surface area contributed by atoms with E-state index >= 15 is 0 Å². The van der Waals surface area contributed by atoms with Gasteiger partial charge in [0.25, 0.3) is 0 Å². The summed E-state index contributed by atoms with van der Waals surface area (Å²) < 4.78 is 0. The normalized spacial score (nSPS) is 16.4. The van der Waals surface area contributed by atoms with Crippen molar-refractivity contribution in [3.8, 4) is 11.1 Å². The summed E-state index contributed by atoms with van der Waals surface area (Å²) in [6.07, 6.45) is 7.87. The Hall–Kier alpha value is -3.47. The average Bonchev–Trinajstić information content (AvgIpc) is 3.60. The third-order valence-corrected chi connectivity index (χ3v) is 15.8. The van der Waals surface area contributed by atoms with Crippen molar-refractivity contribution >= 4 is 7.92 Å². The van der Waals surface area contributed by atoms with Crippen molar-refractivity contribution in [3.63, 3.8) is 0 Å². The number of rotatable bonds is 8. The summed E-state index contributed by atoms with van der Waals surface area (Å²) in [6, 6.07) is 43.6. The minimum absolute atomic E-state index is 0.114. The lowest BCUT2D eigenvalue weighted by Gasteiger charge is -2.35. The zero-order chi connectivity index (χ0) is 45.3. The van der Waals surface area contributed by atoms with E-state index in [0.29, 0.717) is 5.66 Å². The van der Waals surface area contributed by atoms with Gasteiger partial charge in [0.15, 0.2) is 0 Å². The number of hydrogen-bond donors (Lipinski definition) is 0. The van der Waals surface area contributed by atoms with Gasteiger partial charge in [0.1, 0.15) is 0 Å². The van der Waals surface area contributed by atoms with Crippen molar-refractivity contribution in [2.75, 3.05) is 0 Å². The molecule has 0 N–H and O–H groups in total. The van der Waals surface area contributed by atoms with Crippen LogP contribution in [0.25, 0.3) is 11.1 Å². The van der Waals surface area contributed by atoms with E-state index < -0.39 is 0 Å². The van der Waals surface area contributed by atoms with Gasteiger partial charge >= 0.3 is 0 Å². The average molecular weight is 837 g/mol. The van der Waals surface area contributed by atoms with E-state index in [1.165, 1.54) is 93.6 Å². The molecule has 0 radical (unpaired) electrons. The molecule has 6 rings (SSSR count). The maximum atomic E-state index is 2.49. The van der Waals surface area contributed by atoms with Gasteiger partial charge in [-0.3, -0.25) is 0 Å². The van der Waals surface area contributed by atoms with E-state index in [4.69, 9.17) is 0 Å². The van der Waals surface area contributed by atoms with Crippen LogP contribution in [-0.2, 0) is 34.0 Å². The molecule has 3 unspecified atom stereocenters. The molecule has 1 aliphatic carbocycles. The highest BCUT2D eigenvalue weighted by atomic mass is 31.1. The standard InChI is InChI=1S/C30H46.C27H31P.C3H8/c1-19-23(15-21(27(3,4)5)17-25(19)29(9,10)11)24-16-22(28(6,7)8)18-26(20(24)2)30(12,13)14;1-22-12-11-19-26(22)27(25-17-9-4-10-18-25)28(20-23-13-5-2-6-14-23)21-24-15-7-3-8-16-24;1-3-2/h15-18H,1-14H3;2-10,13-18,22,26-27H,11-12,19-21H2,1H3;3H2,1-2H3. The van der Waals surface area contributed by atoms with Crippen molar-refractivity contribution in [1.82, 2.24) is 0 Å². The highest BCUT2D eigenvalue weighted by Gasteiger charge is 2.36. The summed E-state index contributed by atoms with van der Waals surface area (Å²) in [5.74, 6) is 1.66. The largest absolute Gasteiger partial charge is 0.0897 e. The fourth-order valence-corrected chi connectivity index (χ4v) is 12.8. The second kappa shape index (κ2) is 21.3. The first-order chi connectivity index (χ1) is 28.5. The number of hydrogen-bond acceptors (Lipinski definition) is 0. The van der Waals surface area contributed by atoms with Crippen LogP contribution in [0.1, 0.15) is 185 Å². The molecule has 0 saturated heterocycles. The van der Waals surface area contributed by atoms with Gasteiger partial charge in [-0.15, -0.1) is 0 Å². The second-order valence-corrected chi connectivity index (χ2v) is 24.8. The summed E-state index contributed by atoms with van der Waals surface area (Å²) in [5.41, 5.74) is 17.1. The van der Waals surface area contributed by atoms with E-state index in [1.54, 1.807) is 5.56 Å². The van der Waals surface area contributed by atoms with Gasteiger partial charge in [-0.25, -0.2) is 0 Å². The van der Waals surface area contributed by atoms with Gasteiger partial charge in [0, 0.05) is 5.66 Å². The van der Waals surface area contributed by atoms with Crippen LogP contribution in [-0.4, -0.2) is 0 Å². The zero-order valence-corrected chi connectivity index (χ0v) is 42.8. The van der Waals surface area contributed by atoms with E-state index in [1.807, 2.05) is 0 Å². The van der Waals surface area contributed by atoms with E-state index in [9.17, 15) is 0 Å². The molecule has 0 nitrogen and oxygen atoms in total. The van der Waals surface area contributed by atoms with Crippen LogP contribution in [0.5, 0.6) is 0 Å². The molecule has 3 atom stereocenters. The smallest absolute Gasteiger partial charge is 0.00785 e. The van der Waals surface area contributed by atoms with Crippen LogP contribution >= 0.6 is 7.92 Å². The van der Waals surface area contributed by atoms with Crippen molar-refractivity contribution < 1.29 is 0 Å². The maximum absolute atomic E-state index is 2.49. The fourth-order valence-electron chi connectivity index (χ4n) is 9.32. The molecule has 1 aliphatic rings. The second-order valence-electron chi connectivity index (χ2n) is 22.4. The Labute approximate surface area is 377 Å². The van der Waals surface area contributed by atoms with Gasteiger partial charge in [0.05, 0.1) is 0 Å². The summed E-state index contributed by atoms with van der Waals surface area (Å²) in [6.45, 7) is 39.4. The van der Waals surface area contributed by atoms with Gasteiger partial charge in [0.2, 0.25) is 0 Å². The van der Waals surface area contributed by atoms with Crippen molar-refractivity contribution in [1.29, 1.82) is 0 Å². The van der Waals surface area contributed by atoms with Crippen LogP contribution in [0.4, 0.5) is 0 Å². The first-order valence-electron chi connectivity index (χ1n) is 23.7. The van der Waals surface area contributed by atoms with Crippen molar-refractivity contribution in [2.45, 2.75) is 183 Å². The van der Waals surface area contributed by atoms with Crippen LogP contribution in [0.2, 0.25) is 0 Å². The quantitative estimate of drug-likeness (QED) is 0.137. The highest BCUT2D eigenvalue weighted by Crippen LogP contribution is 2.63. The van der Waals surface area contributed by atoms with Crippen LogP contribution in [0.15, 0.2) is 115 Å². The Kier molecular flexibility index (Phi) is 17.5. The SMILES string of the molecule is CC1CCCC1C(c1ccccc1)P(Cc1ccccc1)Cc1ccccc1.CCC.Cc1c(-c2cc(C(C)(C)C)cc(C(C)(C)C)c2C)cc(C(C)(C)C)cc1C(C)(C)C. The molecule has 0 aliphatic heterocycles. The summed E-state index contributed by atoms with van der Waals surface area (Å²) >= 11 is 0. The third-order valence-electron chi connectivity index (χ3n) is 12.8. The highest BCUT2D eigenvalue weighted by molar-refractivity contribution is 7.56. The molecule has 0 heterocycles. The monoisotopic (exact) mass is 837 g/mol. The van der Waals surface area contributed by atoms with Crippen LogP contribution < -0.4 is 0 Å². The number of benzene rings is 5. The molecule has 5 aromatic carbocycles. The molecule has 1 fully saturated rings. The Balaban J connectivity index is 0.000000253. The Bertz CT molecular complexity index is 1960. The molecule has 1 saturated carbocycles. The van der Waals surface area contributed by atoms with Crippen LogP contribution in [0.3, 0.4) is 0 Å². The Morgan fingerprint density at radius 1 is 0.508 bits per heavy atom. The molecule has 61 heavy (non-hydrogen) atoms. The molecule has 0 spiro atoms. The predicted molar refractivity (Wildman–Crippen MR) is 275 cm³/mol. The first kappa shape index (κ1) is 50.2. The Morgan fingerprint density at radius 2 is 0.869 bits per heavy atom. The minimum atomic E-state index is -0.191. The van der Waals surface area contributed by atoms with Crippen molar-refractivity contribution in [3.05, 3.63) is 165 Å². The van der Waals surface area contributed by atoms with E-state index in [2.05, 4.69) is 233 Å². The maximum Gasteiger partial charge on any atom is 0.00785 e. The summed E-state index contributed by atoms with van der Waals surface area (Å²) in [5, 5.41) is 0. The fraction of sp³-hybridized carbons (Fsp3) is 0.500. The lowest BCUT2D eigenvalue weighted by atomic mass is 9.73. The lowest BCUT2D eigenvalue weighted by molar-refractivity contribution is 0.405. The molecular formula is C60H85P. The van der Waals surface area contributed by atoms with Crippen LogP contribution in [0, 0.1) is 25.7 Å². The topological polar surface area (TPSA) is 0 Å². The zero-order valence-electron chi connectivity index (χ0n) is 41.9. The molecule has 5 aromatic rings. The summed E-state index contributed by atoms with van der Waals surface area (Å²) in [7, 11) is -0.191. The van der Waals surface area contributed by atoms with Gasteiger partial charge in [-0.05, 0) is 127 Å². The Morgan fingerprint density at radius 3 is 1.18 bits per heavy atom. The third kappa shape index (κ3) is 13.8. The van der Waals surface area contributed by atoms with Gasteiger partial charge < -0.3 is 0 Å². The van der Waals surface area contributed by atoms with Crippen molar-refractivity contribution in [2.24, 2.45) is 11.8 Å². The molecule has 0 aromatic heterocycles. The molecular weight excluding hydrogens is 752 g/mol. The van der Waals surface area contributed by atoms with E-state index in [0.717, 1.165) is 11.8 Å². The van der Waals surface area contributed by atoms with Gasteiger partial charge in [-0.2, -0.15) is 0 Å². The molecule has 1 heteroatoms. The molecule has 0 bridgehead atoms. The lowest BCUT2D eigenvalue weighted by Crippen LogP contribution is -2.20. The predicted octanol–water partition coefficient (Wildman–Crippen LogP) is 18.6.